The van der Waals surface area contributed by atoms with Crippen molar-refractivity contribution in [2.45, 2.75) is 71.7 Å². The van der Waals surface area contributed by atoms with Crippen molar-refractivity contribution in [2.75, 3.05) is 5.32 Å². The van der Waals surface area contributed by atoms with E-state index >= 15 is 0 Å². The lowest BCUT2D eigenvalue weighted by Crippen LogP contribution is -2.59. The van der Waals surface area contributed by atoms with E-state index in [2.05, 4.69) is 20.4 Å². The molecule has 3 atom stereocenters. The number of aliphatic hydroxyl groups excluding tert-OH is 1. The van der Waals surface area contributed by atoms with E-state index < -0.39 is 35.6 Å². The van der Waals surface area contributed by atoms with Crippen molar-refractivity contribution in [1.82, 2.24) is 24.6 Å². The maximum absolute atomic E-state index is 12.9. The zero-order valence-electron chi connectivity index (χ0n) is 21.0. The van der Waals surface area contributed by atoms with Crippen molar-refractivity contribution < 1.29 is 19.8 Å². The highest BCUT2D eigenvalue weighted by molar-refractivity contribution is 7.13. The second-order valence-corrected chi connectivity index (χ2v) is 10.6. The summed E-state index contributed by atoms with van der Waals surface area (Å²) in [6.45, 7) is 8.06. The molecule has 0 aliphatic heterocycles. The van der Waals surface area contributed by atoms with Gasteiger partial charge in [-0.25, -0.2) is 9.78 Å². The molecule has 0 fully saturated rings. The zero-order valence-corrected chi connectivity index (χ0v) is 21.9. The molecule has 36 heavy (non-hydrogen) atoms. The molecule has 3 N–H and O–H groups in total. The van der Waals surface area contributed by atoms with E-state index in [0.717, 1.165) is 17.7 Å². The summed E-state index contributed by atoms with van der Waals surface area (Å²) in [5, 5.41) is 30.7. The Hall–Kier alpha value is -3.31. The first kappa shape index (κ1) is 27.3. The van der Waals surface area contributed by atoms with Crippen LogP contribution in [0.15, 0.2) is 48.4 Å². The van der Waals surface area contributed by atoms with Crippen molar-refractivity contribution in [2.24, 2.45) is 5.41 Å². The fourth-order valence-electron chi connectivity index (χ4n) is 4.10. The lowest BCUT2D eigenvalue weighted by Gasteiger charge is -2.43. The number of anilines is 1. The van der Waals surface area contributed by atoms with Crippen LogP contribution >= 0.6 is 11.3 Å². The molecule has 194 valence electrons. The Morgan fingerprint density at radius 2 is 2.03 bits per heavy atom. The molecule has 0 aliphatic carbocycles. The molecule has 10 nitrogen and oxygen atoms in total. The van der Waals surface area contributed by atoms with Crippen LogP contribution in [0.4, 0.5) is 9.93 Å². The second-order valence-electron chi connectivity index (χ2n) is 9.72. The molecule has 0 saturated carbocycles. The summed E-state index contributed by atoms with van der Waals surface area (Å²) in [4.78, 5) is 35.0. The number of pyridine rings is 1. The van der Waals surface area contributed by atoms with Gasteiger partial charge < -0.3 is 10.2 Å². The number of unbranched alkanes of at least 4 members (excludes halogenated alkanes) is 1. The number of carboxylic acid groups (broad SMARTS) is 1. The van der Waals surface area contributed by atoms with E-state index in [1.54, 1.807) is 34.8 Å². The number of thiazole rings is 1. The SMILES string of the molecule is CCCC[C@@H]([C@@H](O)C(=O)Nc1nccs1)N(C(=O)O)[C@H](Cn1ccc(-c2cccnc2)n1)C(C)(C)C. The van der Waals surface area contributed by atoms with E-state index in [0.29, 0.717) is 18.0 Å². The molecule has 0 saturated heterocycles. The topological polar surface area (TPSA) is 133 Å². The molecule has 3 aromatic rings. The third-order valence-corrected chi connectivity index (χ3v) is 6.71. The van der Waals surface area contributed by atoms with Crippen LogP contribution in [0, 0.1) is 5.41 Å². The minimum atomic E-state index is -1.56. The number of rotatable bonds is 11. The van der Waals surface area contributed by atoms with Crippen molar-refractivity contribution in [3.8, 4) is 11.3 Å². The average molecular weight is 515 g/mol. The Balaban J connectivity index is 1.91. The van der Waals surface area contributed by atoms with Gasteiger partial charge in [-0.15, -0.1) is 11.3 Å². The summed E-state index contributed by atoms with van der Waals surface area (Å²) in [6, 6.07) is 4.06. The van der Waals surface area contributed by atoms with Crippen LogP contribution in [0.5, 0.6) is 0 Å². The van der Waals surface area contributed by atoms with Crippen LogP contribution in [0.1, 0.15) is 47.0 Å². The Kier molecular flexibility index (Phi) is 9.16. The number of amides is 2. The monoisotopic (exact) mass is 514 g/mol. The Morgan fingerprint density at radius 1 is 1.25 bits per heavy atom. The van der Waals surface area contributed by atoms with Crippen LogP contribution in [0.2, 0.25) is 0 Å². The minimum absolute atomic E-state index is 0.250. The lowest BCUT2D eigenvalue weighted by molar-refractivity contribution is -0.128. The van der Waals surface area contributed by atoms with Gasteiger partial charge in [0.15, 0.2) is 11.2 Å². The lowest BCUT2D eigenvalue weighted by atomic mass is 9.83. The molecule has 2 amide bonds. The number of aromatic nitrogens is 4. The van der Waals surface area contributed by atoms with Crippen LogP contribution in [-0.2, 0) is 11.3 Å². The van der Waals surface area contributed by atoms with E-state index in [1.165, 1.54) is 16.2 Å². The van der Waals surface area contributed by atoms with E-state index in [1.807, 2.05) is 45.9 Å². The van der Waals surface area contributed by atoms with Gasteiger partial charge in [-0.3, -0.25) is 24.7 Å². The summed E-state index contributed by atoms with van der Waals surface area (Å²) < 4.78 is 1.70. The van der Waals surface area contributed by atoms with Crippen molar-refractivity contribution in [1.29, 1.82) is 0 Å². The van der Waals surface area contributed by atoms with Crippen molar-refractivity contribution >= 4 is 28.5 Å². The first-order valence-electron chi connectivity index (χ1n) is 11.9. The highest BCUT2D eigenvalue weighted by atomic mass is 32.1. The number of aliphatic hydroxyl groups is 1. The molecular weight excluding hydrogens is 480 g/mol. The number of carbonyl (C=O) groups excluding carboxylic acids is 1. The maximum atomic E-state index is 12.9. The first-order valence-corrected chi connectivity index (χ1v) is 12.8. The van der Waals surface area contributed by atoms with Crippen LogP contribution < -0.4 is 5.32 Å². The predicted molar refractivity (Wildman–Crippen MR) is 139 cm³/mol. The molecule has 11 heteroatoms. The Bertz CT molecular complexity index is 1110. The van der Waals surface area contributed by atoms with Gasteiger partial charge >= 0.3 is 6.09 Å². The summed E-state index contributed by atoms with van der Waals surface area (Å²) in [7, 11) is 0. The standard InChI is InChI=1S/C25H34N6O4S/c1-5-6-9-19(21(32)22(33)28-23-27-12-14-36-23)31(24(34)35)20(25(2,3)4)16-30-13-10-18(29-30)17-8-7-11-26-15-17/h7-8,10-15,19-21,32H,5-6,9,16H2,1-4H3,(H,34,35)(H,27,28,33)/t19-,20+,21+/m0/s1. The van der Waals surface area contributed by atoms with E-state index in [4.69, 9.17) is 0 Å². The van der Waals surface area contributed by atoms with Gasteiger partial charge in [-0.1, -0.05) is 40.5 Å². The molecule has 3 aromatic heterocycles. The number of carbonyl (C=O) groups is 2. The predicted octanol–water partition coefficient (Wildman–Crippen LogP) is 4.35. The Morgan fingerprint density at radius 3 is 2.61 bits per heavy atom. The molecular formula is C25H34N6O4S. The molecule has 0 bridgehead atoms. The highest BCUT2D eigenvalue weighted by Crippen LogP contribution is 2.31. The van der Waals surface area contributed by atoms with Crippen LogP contribution in [0.3, 0.4) is 0 Å². The van der Waals surface area contributed by atoms with E-state index in [-0.39, 0.29) is 6.54 Å². The average Bonchev–Trinajstić information content (AvgIpc) is 3.52. The fourth-order valence-corrected chi connectivity index (χ4v) is 4.63. The molecule has 0 aliphatic rings. The maximum Gasteiger partial charge on any atom is 0.407 e. The normalized spacial score (nSPS) is 14.1. The summed E-state index contributed by atoms with van der Waals surface area (Å²) in [6.07, 6.45) is 5.77. The minimum Gasteiger partial charge on any atom is -0.465 e. The number of nitrogens with zero attached hydrogens (tertiary/aromatic N) is 5. The molecule has 3 rings (SSSR count). The highest BCUT2D eigenvalue weighted by Gasteiger charge is 2.42. The number of nitrogens with one attached hydrogen (secondary N) is 1. The van der Waals surface area contributed by atoms with Gasteiger partial charge in [0, 0.05) is 35.7 Å². The van der Waals surface area contributed by atoms with Crippen LogP contribution in [-0.4, -0.2) is 65.0 Å². The molecule has 0 aromatic carbocycles. The smallest absolute Gasteiger partial charge is 0.407 e. The summed E-state index contributed by atoms with van der Waals surface area (Å²) in [5.74, 6) is -0.678. The quantitative estimate of drug-likeness (QED) is 0.346. The summed E-state index contributed by atoms with van der Waals surface area (Å²) >= 11 is 1.23. The molecule has 0 spiro atoms. The van der Waals surface area contributed by atoms with Gasteiger partial charge in [0.05, 0.1) is 24.3 Å². The molecule has 0 radical (unpaired) electrons. The summed E-state index contributed by atoms with van der Waals surface area (Å²) in [5.41, 5.74) is 1.06. The van der Waals surface area contributed by atoms with Crippen molar-refractivity contribution in [3.05, 3.63) is 48.4 Å². The third-order valence-electron chi connectivity index (χ3n) is 6.02. The second kappa shape index (κ2) is 12.1. The van der Waals surface area contributed by atoms with Gasteiger partial charge in [-0.2, -0.15) is 5.10 Å². The van der Waals surface area contributed by atoms with Gasteiger partial charge in [0.25, 0.3) is 5.91 Å². The molecule has 3 heterocycles. The Labute approximate surface area is 215 Å². The van der Waals surface area contributed by atoms with Gasteiger partial charge in [-0.05, 0) is 30.0 Å². The fraction of sp³-hybridized carbons (Fsp3) is 0.480. The van der Waals surface area contributed by atoms with Gasteiger partial charge in [0.1, 0.15) is 0 Å². The molecule has 0 unspecified atom stereocenters. The van der Waals surface area contributed by atoms with E-state index in [9.17, 15) is 19.8 Å². The van der Waals surface area contributed by atoms with Crippen molar-refractivity contribution in [3.63, 3.8) is 0 Å². The first-order chi connectivity index (χ1) is 17.1. The zero-order chi connectivity index (χ0) is 26.3. The van der Waals surface area contributed by atoms with Gasteiger partial charge in [0.2, 0.25) is 0 Å². The van der Waals surface area contributed by atoms with Crippen LogP contribution in [0.25, 0.3) is 11.3 Å². The third kappa shape index (κ3) is 6.88. The number of hydrogen-bond donors (Lipinski definition) is 3. The number of hydrogen-bond acceptors (Lipinski definition) is 7. The largest absolute Gasteiger partial charge is 0.465 e.